The number of rotatable bonds is 4. The maximum Gasteiger partial charge on any atom is 0.0304 e. The third-order valence-corrected chi connectivity index (χ3v) is 5.60. The Balaban J connectivity index is 1.79. The molecule has 1 aliphatic rings. The van der Waals surface area contributed by atoms with E-state index >= 15 is 0 Å². The predicted molar refractivity (Wildman–Crippen MR) is 75.5 cm³/mol. The number of hydrogen-bond donors (Lipinski definition) is 1. The first-order valence-corrected chi connectivity index (χ1v) is 8.25. The monoisotopic (exact) mass is 255 g/mol. The highest BCUT2D eigenvalue weighted by Gasteiger charge is 2.20. The molecule has 1 fully saturated rings. The van der Waals surface area contributed by atoms with Crippen molar-refractivity contribution in [2.75, 3.05) is 6.26 Å². The molecular weight excluding hydrogens is 234 g/mol. The Hall–Kier alpha value is 0.0100. The average molecular weight is 255 g/mol. The fourth-order valence-corrected chi connectivity index (χ4v) is 4.05. The Morgan fingerprint density at radius 1 is 1.50 bits per heavy atom. The molecule has 0 spiro atoms. The molecule has 2 rings (SSSR count). The summed E-state index contributed by atoms with van der Waals surface area (Å²) in [4.78, 5) is 1.51. The molecular formula is C13H21NS2. The number of aryl methyl sites for hydroxylation is 1. The first-order chi connectivity index (χ1) is 7.79. The lowest BCUT2D eigenvalue weighted by atomic mass is 9.95. The summed E-state index contributed by atoms with van der Waals surface area (Å²) in [5.74, 6) is 0. The highest BCUT2D eigenvalue weighted by Crippen LogP contribution is 2.27. The van der Waals surface area contributed by atoms with Gasteiger partial charge in [0.05, 0.1) is 0 Å². The van der Waals surface area contributed by atoms with Crippen LogP contribution in [0.3, 0.4) is 0 Å². The predicted octanol–water partition coefficient (Wildman–Crippen LogP) is 3.82. The lowest BCUT2D eigenvalue weighted by Gasteiger charge is -2.28. The van der Waals surface area contributed by atoms with E-state index in [1.807, 2.05) is 23.1 Å². The molecule has 90 valence electrons. The molecule has 1 saturated carbocycles. The van der Waals surface area contributed by atoms with Gasteiger partial charge in [-0.05, 0) is 49.5 Å². The van der Waals surface area contributed by atoms with Crippen molar-refractivity contribution < 1.29 is 0 Å². The first kappa shape index (κ1) is 12.5. The summed E-state index contributed by atoms with van der Waals surface area (Å²) >= 11 is 3.92. The Labute approximate surface area is 107 Å². The second-order valence-electron chi connectivity index (χ2n) is 4.63. The third kappa shape index (κ3) is 3.25. The van der Waals surface area contributed by atoms with Crippen molar-refractivity contribution in [2.24, 2.45) is 0 Å². The van der Waals surface area contributed by atoms with Gasteiger partial charge >= 0.3 is 0 Å². The van der Waals surface area contributed by atoms with E-state index in [0.717, 1.165) is 17.8 Å². The Bertz CT molecular complexity index is 321. The van der Waals surface area contributed by atoms with Crippen LogP contribution in [0.25, 0.3) is 0 Å². The van der Waals surface area contributed by atoms with Gasteiger partial charge in [-0.2, -0.15) is 11.8 Å². The number of thiophene rings is 1. The summed E-state index contributed by atoms with van der Waals surface area (Å²) in [5.41, 5.74) is 1.44. The van der Waals surface area contributed by atoms with Gasteiger partial charge in [0.1, 0.15) is 0 Å². The molecule has 1 aromatic heterocycles. The highest BCUT2D eigenvalue weighted by atomic mass is 32.2. The molecule has 0 radical (unpaired) electrons. The van der Waals surface area contributed by atoms with Crippen molar-refractivity contribution >= 4 is 23.1 Å². The summed E-state index contributed by atoms with van der Waals surface area (Å²) < 4.78 is 0. The molecule has 0 amide bonds. The minimum absolute atomic E-state index is 0.743. The first-order valence-electron chi connectivity index (χ1n) is 6.08. The molecule has 1 aromatic rings. The van der Waals surface area contributed by atoms with Crippen molar-refractivity contribution in [3.63, 3.8) is 0 Å². The second-order valence-corrected chi connectivity index (χ2v) is 6.77. The van der Waals surface area contributed by atoms with Gasteiger partial charge < -0.3 is 5.32 Å². The van der Waals surface area contributed by atoms with Gasteiger partial charge in [-0.3, -0.25) is 0 Å². The Morgan fingerprint density at radius 3 is 3.06 bits per heavy atom. The molecule has 0 saturated heterocycles. The maximum absolute atomic E-state index is 3.73. The lowest BCUT2D eigenvalue weighted by molar-refractivity contribution is 0.380. The molecule has 16 heavy (non-hydrogen) atoms. The largest absolute Gasteiger partial charge is 0.309 e. The SMILES string of the molecule is CSC1CCCC(NCc2sccc2C)C1. The normalized spacial score (nSPS) is 25.9. The molecule has 2 atom stereocenters. The number of hydrogen-bond acceptors (Lipinski definition) is 3. The van der Waals surface area contributed by atoms with Gasteiger partial charge in [0.2, 0.25) is 0 Å². The standard InChI is InChI=1S/C13H21NS2/c1-10-6-7-16-13(10)9-14-11-4-3-5-12(8-11)15-2/h6-7,11-12,14H,3-5,8-9H2,1-2H3. The van der Waals surface area contributed by atoms with Crippen molar-refractivity contribution in [1.82, 2.24) is 5.32 Å². The molecule has 1 heterocycles. The van der Waals surface area contributed by atoms with Gasteiger partial charge in [-0.25, -0.2) is 0 Å². The van der Waals surface area contributed by atoms with Crippen LogP contribution in [-0.2, 0) is 6.54 Å². The quantitative estimate of drug-likeness (QED) is 0.878. The molecule has 1 nitrogen and oxygen atoms in total. The maximum atomic E-state index is 3.73. The molecule has 0 bridgehead atoms. The molecule has 3 heteroatoms. The topological polar surface area (TPSA) is 12.0 Å². The van der Waals surface area contributed by atoms with E-state index in [1.54, 1.807) is 0 Å². The van der Waals surface area contributed by atoms with E-state index in [0.29, 0.717) is 0 Å². The molecule has 1 aliphatic carbocycles. The Kier molecular flexibility index (Phi) is 4.74. The fraction of sp³-hybridized carbons (Fsp3) is 0.692. The van der Waals surface area contributed by atoms with E-state index < -0.39 is 0 Å². The molecule has 0 aliphatic heterocycles. The number of nitrogens with one attached hydrogen (secondary N) is 1. The lowest BCUT2D eigenvalue weighted by Crippen LogP contribution is -2.34. The van der Waals surface area contributed by atoms with Crippen LogP contribution in [-0.4, -0.2) is 17.5 Å². The zero-order valence-corrected chi connectivity index (χ0v) is 11.8. The van der Waals surface area contributed by atoms with Crippen LogP contribution in [0, 0.1) is 6.92 Å². The van der Waals surface area contributed by atoms with Crippen molar-refractivity contribution in [2.45, 2.75) is 50.4 Å². The van der Waals surface area contributed by atoms with Gasteiger partial charge in [-0.15, -0.1) is 11.3 Å². The van der Waals surface area contributed by atoms with Gasteiger partial charge in [-0.1, -0.05) is 6.42 Å². The van der Waals surface area contributed by atoms with Gasteiger partial charge in [0.25, 0.3) is 0 Å². The van der Waals surface area contributed by atoms with Gasteiger partial charge in [0.15, 0.2) is 0 Å². The van der Waals surface area contributed by atoms with E-state index in [9.17, 15) is 0 Å². The van der Waals surface area contributed by atoms with Crippen molar-refractivity contribution in [3.05, 3.63) is 21.9 Å². The summed E-state index contributed by atoms with van der Waals surface area (Å²) in [6.07, 6.45) is 7.77. The zero-order valence-electron chi connectivity index (χ0n) is 10.2. The average Bonchev–Trinajstić information content (AvgIpc) is 2.72. The summed E-state index contributed by atoms with van der Waals surface area (Å²) in [5, 5.41) is 6.80. The molecule has 0 aromatic carbocycles. The summed E-state index contributed by atoms with van der Waals surface area (Å²) in [6, 6.07) is 2.96. The van der Waals surface area contributed by atoms with E-state index in [4.69, 9.17) is 0 Å². The zero-order chi connectivity index (χ0) is 11.4. The van der Waals surface area contributed by atoms with E-state index in [-0.39, 0.29) is 0 Å². The highest BCUT2D eigenvalue weighted by molar-refractivity contribution is 7.99. The van der Waals surface area contributed by atoms with Crippen LogP contribution in [0.1, 0.15) is 36.1 Å². The van der Waals surface area contributed by atoms with Crippen LogP contribution in [0.5, 0.6) is 0 Å². The Morgan fingerprint density at radius 2 is 2.38 bits per heavy atom. The van der Waals surface area contributed by atoms with Crippen LogP contribution in [0.15, 0.2) is 11.4 Å². The second kappa shape index (κ2) is 6.08. The summed E-state index contributed by atoms with van der Waals surface area (Å²) in [7, 11) is 0. The third-order valence-electron chi connectivity index (χ3n) is 3.48. The smallest absolute Gasteiger partial charge is 0.0304 e. The van der Waals surface area contributed by atoms with Crippen LogP contribution in [0.2, 0.25) is 0 Å². The molecule has 2 unspecified atom stereocenters. The van der Waals surface area contributed by atoms with Crippen LogP contribution in [0.4, 0.5) is 0 Å². The summed E-state index contributed by atoms with van der Waals surface area (Å²) in [6.45, 7) is 3.27. The van der Waals surface area contributed by atoms with Crippen LogP contribution >= 0.6 is 23.1 Å². The molecule has 1 N–H and O–H groups in total. The van der Waals surface area contributed by atoms with E-state index in [2.05, 4.69) is 29.9 Å². The van der Waals surface area contributed by atoms with Crippen molar-refractivity contribution in [3.8, 4) is 0 Å². The van der Waals surface area contributed by atoms with E-state index in [1.165, 1.54) is 36.1 Å². The fourth-order valence-electron chi connectivity index (χ4n) is 2.37. The minimum atomic E-state index is 0.743. The number of thioether (sulfide) groups is 1. The van der Waals surface area contributed by atoms with Gasteiger partial charge in [0, 0.05) is 22.7 Å². The van der Waals surface area contributed by atoms with Crippen LogP contribution < -0.4 is 5.32 Å². The minimum Gasteiger partial charge on any atom is -0.309 e. The van der Waals surface area contributed by atoms with Crippen molar-refractivity contribution in [1.29, 1.82) is 0 Å².